The van der Waals surface area contributed by atoms with E-state index in [0.717, 1.165) is 16.3 Å². The molecule has 0 heterocycles. The predicted molar refractivity (Wildman–Crippen MR) is 71.4 cm³/mol. The summed E-state index contributed by atoms with van der Waals surface area (Å²) in [5.41, 5.74) is 7.94. The van der Waals surface area contributed by atoms with Gasteiger partial charge in [0.15, 0.2) is 0 Å². The molecule has 94 valence electrons. The van der Waals surface area contributed by atoms with Crippen molar-refractivity contribution in [3.63, 3.8) is 0 Å². The second kappa shape index (κ2) is 5.71. The lowest BCUT2D eigenvalue weighted by Crippen LogP contribution is -2.42. The molecule has 17 heavy (non-hydrogen) atoms. The molecule has 0 radical (unpaired) electrons. The SMILES string of the molecule is NCc1ccc(Cl)cc1N(CCO)C1CCC1. The van der Waals surface area contributed by atoms with Gasteiger partial charge in [-0.2, -0.15) is 0 Å². The van der Waals surface area contributed by atoms with Gasteiger partial charge in [0.05, 0.1) is 6.61 Å². The Bertz CT molecular complexity index is 380. The molecule has 1 aliphatic rings. The van der Waals surface area contributed by atoms with Gasteiger partial charge in [-0.1, -0.05) is 17.7 Å². The van der Waals surface area contributed by atoms with Gasteiger partial charge in [0, 0.05) is 29.8 Å². The molecular weight excluding hydrogens is 236 g/mol. The summed E-state index contributed by atoms with van der Waals surface area (Å²) >= 11 is 6.05. The van der Waals surface area contributed by atoms with Crippen LogP contribution in [-0.4, -0.2) is 24.3 Å². The number of hydrogen-bond donors (Lipinski definition) is 2. The van der Waals surface area contributed by atoms with E-state index in [1.165, 1.54) is 19.3 Å². The number of nitrogens with two attached hydrogens (primary N) is 1. The summed E-state index contributed by atoms with van der Waals surface area (Å²) in [6, 6.07) is 6.33. The number of nitrogens with zero attached hydrogens (tertiary/aromatic N) is 1. The largest absolute Gasteiger partial charge is 0.395 e. The lowest BCUT2D eigenvalue weighted by Gasteiger charge is -2.40. The van der Waals surface area contributed by atoms with E-state index in [1.54, 1.807) is 0 Å². The lowest BCUT2D eigenvalue weighted by molar-refractivity contribution is 0.283. The second-order valence-corrected chi connectivity index (χ2v) is 4.92. The van der Waals surface area contributed by atoms with E-state index in [-0.39, 0.29) is 6.61 Å². The number of benzene rings is 1. The number of anilines is 1. The van der Waals surface area contributed by atoms with Crippen LogP contribution in [0.2, 0.25) is 5.02 Å². The van der Waals surface area contributed by atoms with Gasteiger partial charge in [-0.3, -0.25) is 0 Å². The van der Waals surface area contributed by atoms with Gasteiger partial charge in [-0.25, -0.2) is 0 Å². The lowest BCUT2D eigenvalue weighted by atomic mass is 9.90. The Morgan fingerprint density at radius 3 is 2.71 bits per heavy atom. The summed E-state index contributed by atoms with van der Waals surface area (Å²) in [7, 11) is 0. The van der Waals surface area contributed by atoms with Crippen molar-refractivity contribution < 1.29 is 5.11 Å². The first-order chi connectivity index (χ1) is 8.26. The van der Waals surface area contributed by atoms with Crippen molar-refractivity contribution >= 4 is 17.3 Å². The normalized spacial score (nSPS) is 15.7. The molecule has 3 nitrogen and oxygen atoms in total. The molecule has 1 aromatic carbocycles. The van der Waals surface area contributed by atoms with Crippen molar-refractivity contribution in [1.29, 1.82) is 0 Å². The number of halogens is 1. The molecule has 0 atom stereocenters. The Labute approximate surface area is 107 Å². The third-order valence-corrected chi connectivity index (χ3v) is 3.67. The van der Waals surface area contributed by atoms with Crippen LogP contribution in [0.25, 0.3) is 0 Å². The average Bonchev–Trinajstić information content (AvgIpc) is 2.26. The monoisotopic (exact) mass is 254 g/mol. The third-order valence-electron chi connectivity index (χ3n) is 3.43. The highest BCUT2D eigenvalue weighted by Gasteiger charge is 2.26. The number of rotatable bonds is 5. The maximum atomic E-state index is 9.19. The number of aliphatic hydroxyl groups is 1. The van der Waals surface area contributed by atoms with E-state index in [9.17, 15) is 5.11 Å². The van der Waals surface area contributed by atoms with Crippen molar-refractivity contribution in [3.8, 4) is 0 Å². The van der Waals surface area contributed by atoms with Crippen LogP contribution in [0.1, 0.15) is 24.8 Å². The summed E-state index contributed by atoms with van der Waals surface area (Å²) in [5, 5.41) is 9.92. The van der Waals surface area contributed by atoms with Gasteiger partial charge in [0.25, 0.3) is 0 Å². The first-order valence-corrected chi connectivity index (χ1v) is 6.50. The van der Waals surface area contributed by atoms with E-state index >= 15 is 0 Å². The molecule has 2 rings (SSSR count). The molecule has 0 saturated heterocycles. The zero-order chi connectivity index (χ0) is 12.3. The van der Waals surface area contributed by atoms with Crippen molar-refractivity contribution in [1.82, 2.24) is 0 Å². The van der Waals surface area contributed by atoms with E-state index in [2.05, 4.69) is 4.90 Å². The first kappa shape index (κ1) is 12.7. The highest BCUT2D eigenvalue weighted by atomic mass is 35.5. The Morgan fingerprint density at radius 2 is 2.18 bits per heavy atom. The quantitative estimate of drug-likeness (QED) is 0.847. The fourth-order valence-corrected chi connectivity index (χ4v) is 2.45. The standard InChI is InChI=1S/C13H19ClN2O/c14-11-5-4-10(9-15)13(8-11)16(6-7-17)12-2-1-3-12/h4-5,8,12,17H,1-3,6-7,9,15H2. The van der Waals surface area contributed by atoms with E-state index < -0.39 is 0 Å². The molecule has 1 fully saturated rings. The van der Waals surface area contributed by atoms with Crippen LogP contribution in [-0.2, 0) is 6.54 Å². The van der Waals surface area contributed by atoms with Crippen LogP contribution < -0.4 is 10.6 Å². The van der Waals surface area contributed by atoms with Crippen molar-refractivity contribution in [3.05, 3.63) is 28.8 Å². The van der Waals surface area contributed by atoms with Crippen LogP contribution >= 0.6 is 11.6 Å². The molecule has 3 N–H and O–H groups in total. The molecule has 1 aliphatic carbocycles. The summed E-state index contributed by atoms with van der Waals surface area (Å²) in [6.07, 6.45) is 3.65. The Morgan fingerprint density at radius 1 is 1.41 bits per heavy atom. The molecule has 0 amide bonds. The van der Waals surface area contributed by atoms with Crippen LogP contribution in [0.4, 0.5) is 5.69 Å². The maximum Gasteiger partial charge on any atom is 0.0606 e. The predicted octanol–water partition coefficient (Wildman–Crippen LogP) is 2.15. The van der Waals surface area contributed by atoms with E-state index in [1.807, 2.05) is 18.2 Å². The van der Waals surface area contributed by atoms with Gasteiger partial charge in [-0.05, 0) is 37.0 Å². The molecule has 0 aliphatic heterocycles. The molecule has 0 unspecified atom stereocenters. The minimum Gasteiger partial charge on any atom is -0.395 e. The van der Waals surface area contributed by atoms with Crippen molar-refractivity contribution in [2.45, 2.75) is 31.8 Å². The van der Waals surface area contributed by atoms with Gasteiger partial charge in [-0.15, -0.1) is 0 Å². The first-order valence-electron chi connectivity index (χ1n) is 6.12. The zero-order valence-corrected chi connectivity index (χ0v) is 10.7. The van der Waals surface area contributed by atoms with E-state index in [4.69, 9.17) is 17.3 Å². The highest BCUT2D eigenvalue weighted by Crippen LogP contribution is 2.32. The average molecular weight is 255 g/mol. The number of aliphatic hydroxyl groups excluding tert-OH is 1. The van der Waals surface area contributed by atoms with Gasteiger partial charge < -0.3 is 15.7 Å². The smallest absolute Gasteiger partial charge is 0.0606 e. The number of hydrogen-bond acceptors (Lipinski definition) is 3. The van der Waals surface area contributed by atoms with Gasteiger partial charge >= 0.3 is 0 Å². The van der Waals surface area contributed by atoms with E-state index in [0.29, 0.717) is 19.1 Å². The molecule has 4 heteroatoms. The second-order valence-electron chi connectivity index (χ2n) is 4.48. The Hall–Kier alpha value is -0.770. The van der Waals surface area contributed by atoms with Crippen LogP contribution in [0, 0.1) is 0 Å². The van der Waals surface area contributed by atoms with Crippen LogP contribution in [0.3, 0.4) is 0 Å². The maximum absolute atomic E-state index is 9.19. The van der Waals surface area contributed by atoms with Gasteiger partial charge in [0.1, 0.15) is 0 Å². The molecule has 0 aromatic heterocycles. The Balaban J connectivity index is 2.29. The molecule has 0 bridgehead atoms. The fraction of sp³-hybridized carbons (Fsp3) is 0.538. The molecule has 1 saturated carbocycles. The summed E-state index contributed by atoms with van der Waals surface area (Å²) in [6.45, 7) is 1.31. The summed E-state index contributed by atoms with van der Waals surface area (Å²) in [5.74, 6) is 0. The molecular formula is C13H19ClN2O. The molecule has 1 aromatic rings. The van der Waals surface area contributed by atoms with Crippen molar-refractivity contribution in [2.24, 2.45) is 5.73 Å². The minimum absolute atomic E-state index is 0.160. The zero-order valence-electron chi connectivity index (χ0n) is 9.90. The summed E-state index contributed by atoms with van der Waals surface area (Å²) in [4.78, 5) is 2.25. The third kappa shape index (κ3) is 2.73. The Kier molecular flexibility index (Phi) is 4.26. The summed E-state index contributed by atoms with van der Waals surface area (Å²) < 4.78 is 0. The minimum atomic E-state index is 0.160. The van der Waals surface area contributed by atoms with Crippen LogP contribution in [0.5, 0.6) is 0 Å². The fourth-order valence-electron chi connectivity index (χ4n) is 2.28. The van der Waals surface area contributed by atoms with Crippen molar-refractivity contribution in [2.75, 3.05) is 18.1 Å². The molecule has 0 spiro atoms. The highest BCUT2D eigenvalue weighted by molar-refractivity contribution is 6.30. The van der Waals surface area contributed by atoms with Gasteiger partial charge in [0.2, 0.25) is 0 Å². The topological polar surface area (TPSA) is 49.5 Å². The van der Waals surface area contributed by atoms with Crippen LogP contribution in [0.15, 0.2) is 18.2 Å².